The monoisotopic (exact) mass is 408 g/mol. The summed E-state index contributed by atoms with van der Waals surface area (Å²) in [6, 6.07) is 12.4. The van der Waals surface area contributed by atoms with Crippen LogP contribution in [0.1, 0.15) is 58.0 Å². The normalized spacial score (nSPS) is 13.2. The highest BCUT2D eigenvalue weighted by Gasteiger charge is 2.21. The summed E-state index contributed by atoms with van der Waals surface area (Å²) in [5.74, 6) is -1.70. The van der Waals surface area contributed by atoms with Gasteiger partial charge in [0, 0.05) is 18.0 Å². The molecule has 30 heavy (non-hydrogen) atoms. The van der Waals surface area contributed by atoms with E-state index in [1.807, 2.05) is 44.5 Å². The maximum absolute atomic E-state index is 13.0. The van der Waals surface area contributed by atoms with Gasteiger partial charge >= 0.3 is 5.97 Å². The molecule has 3 rings (SSSR count). The average molecular weight is 408 g/mol. The van der Waals surface area contributed by atoms with E-state index in [0.717, 1.165) is 27.6 Å². The predicted molar refractivity (Wildman–Crippen MR) is 117 cm³/mol. The molecule has 0 fully saturated rings. The number of fused-ring (bicyclic) bond motifs is 1. The fourth-order valence-electron chi connectivity index (χ4n) is 3.98. The van der Waals surface area contributed by atoms with Crippen molar-refractivity contribution >= 4 is 22.8 Å². The van der Waals surface area contributed by atoms with Crippen molar-refractivity contribution in [1.29, 1.82) is 0 Å². The number of aliphatic hydroxyl groups excluding tert-OH is 1. The molecule has 0 aliphatic carbocycles. The lowest BCUT2D eigenvalue weighted by Gasteiger charge is -2.18. The SMILES string of the molecule is CCC(C(=O)O)c1ccc([C@@H](CO)NC(=O)c2cc3c(C)cc(C)cc3n2C)cc1. The van der Waals surface area contributed by atoms with Gasteiger partial charge in [0.1, 0.15) is 5.69 Å². The Kier molecular flexibility index (Phi) is 6.27. The Labute approximate surface area is 176 Å². The van der Waals surface area contributed by atoms with Crippen molar-refractivity contribution in [2.45, 2.75) is 39.2 Å². The first kappa shape index (κ1) is 21.6. The number of amides is 1. The van der Waals surface area contributed by atoms with Gasteiger partial charge in [0.15, 0.2) is 0 Å². The lowest BCUT2D eigenvalue weighted by Crippen LogP contribution is -2.32. The second-order valence-corrected chi connectivity index (χ2v) is 7.78. The fraction of sp³-hybridized carbons (Fsp3) is 0.333. The molecule has 3 N–H and O–H groups in total. The van der Waals surface area contributed by atoms with Gasteiger partial charge in [0.05, 0.1) is 18.6 Å². The number of carboxylic acid groups (broad SMARTS) is 1. The third-order valence-corrected chi connectivity index (χ3v) is 5.68. The summed E-state index contributed by atoms with van der Waals surface area (Å²) in [5.41, 5.74) is 5.18. The van der Waals surface area contributed by atoms with E-state index < -0.39 is 17.9 Å². The van der Waals surface area contributed by atoms with E-state index in [1.165, 1.54) is 0 Å². The van der Waals surface area contributed by atoms with Gasteiger partial charge in [-0.05, 0) is 54.7 Å². The first-order valence-corrected chi connectivity index (χ1v) is 10.1. The lowest BCUT2D eigenvalue weighted by atomic mass is 9.94. The van der Waals surface area contributed by atoms with Crippen molar-refractivity contribution in [3.63, 3.8) is 0 Å². The molecule has 1 heterocycles. The number of aliphatic carboxylic acids is 1. The maximum Gasteiger partial charge on any atom is 0.310 e. The van der Waals surface area contributed by atoms with Gasteiger partial charge in [0.2, 0.25) is 0 Å². The van der Waals surface area contributed by atoms with Crippen LogP contribution in [0.25, 0.3) is 10.9 Å². The molecule has 1 aromatic heterocycles. The molecule has 6 heteroatoms. The zero-order valence-electron chi connectivity index (χ0n) is 17.8. The first-order chi connectivity index (χ1) is 14.3. The molecule has 3 aromatic rings. The third kappa shape index (κ3) is 4.09. The zero-order chi connectivity index (χ0) is 22.0. The van der Waals surface area contributed by atoms with Crippen LogP contribution in [0.4, 0.5) is 0 Å². The van der Waals surface area contributed by atoms with Gasteiger partial charge in [-0.2, -0.15) is 0 Å². The highest BCUT2D eigenvalue weighted by atomic mass is 16.4. The van der Waals surface area contributed by atoms with Crippen molar-refractivity contribution in [3.05, 3.63) is 70.4 Å². The maximum atomic E-state index is 13.0. The summed E-state index contributed by atoms with van der Waals surface area (Å²) in [6.45, 7) is 5.62. The fourth-order valence-corrected chi connectivity index (χ4v) is 3.98. The predicted octanol–water partition coefficient (Wildman–Crippen LogP) is 3.84. The van der Waals surface area contributed by atoms with Crippen molar-refractivity contribution in [2.75, 3.05) is 6.61 Å². The molecule has 1 unspecified atom stereocenters. The molecular weight excluding hydrogens is 380 g/mol. The highest BCUT2D eigenvalue weighted by molar-refractivity contribution is 5.99. The molecule has 158 valence electrons. The Bertz CT molecular complexity index is 1080. The summed E-state index contributed by atoms with van der Waals surface area (Å²) < 4.78 is 1.86. The minimum Gasteiger partial charge on any atom is -0.481 e. The molecule has 2 aromatic carbocycles. The Morgan fingerprint density at radius 1 is 1.07 bits per heavy atom. The zero-order valence-corrected chi connectivity index (χ0v) is 17.8. The van der Waals surface area contributed by atoms with Gasteiger partial charge in [0.25, 0.3) is 5.91 Å². The smallest absolute Gasteiger partial charge is 0.310 e. The van der Waals surface area contributed by atoms with Crippen LogP contribution in [0.5, 0.6) is 0 Å². The van der Waals surface area contributed by atoms with E-state index in [-0.39, 0.29) is 12.5 Å². The molecule has 0 radical (unpaired) electrons. The number of benzene rings is 2. The van der Waals surface area contributed by atoms with E-state index in [4.69, 9.17) is 0 Å². The van der Waals surface area contributed by atoms with Crippen LogP contribution in [-0.2, 0) is 11.8 Å². The van der Waals surface area contributed by atoms with Crippen molar-refractivity contribution < 1.29 is 19.8 Å². The van der Waals surface area contributed by atoms with Gasteiger partial charge in [-0.15, -0.1) is 0 Å². The number of carbonyl (C=O) groups excluding carboxylic acids is 1. The van der Waals surface area contributed by atoms with Gasteiger partial charge in [-0.3, -0.25) is 9.59 Å². The van der Waals surface area contributed by atoms with Crippen molar-refractivity contribution in [2.24, 2.45) is 7.05 Å². The number of carbonyl (C=O) groups is 2. The number of hydrogen-bond donors (Lipinski definition) is 3. The van der Waals surface area contributed by atoms with Crippen molar-refractivity contribution in [3.8, 4) is 0 Å². The van der Waals surface area contributed by atoms with Gasteiger partial charge in [-0.1, -0.05) is 37.3 Å². The number of hydrogen-bond acceptors (Lipinski definition) is 3. The summed E-state index contributed by atoms with van der Waals surface area (Å²) in [4.78, 5) is 24.3. The Morgan fingerprint density at radius 3 is 2.27 bits per heavy atom. The molecular formula is C24H28N2O4. The number of aromatic nitrogens is 1. The van der Waals surface area contributed by atoms with Crippen LogP contribution in [0.3, 0.4) is 0 Å². The molecule has 0 aliphatic heterocycles. The second-order valence-electron chi connectivity index (χ2n) is 7.78. The average Bonchev–Trinajstić information content (AvgIpc) is 3.04. The summed E-state index contributed by atoms with van der Waals surface area (Å²) >= 11 is 0. The molecule has 0 spiro atoms. The van der Waals surface area contributed by atoms with Crippen LogP contribution < -0.4 is 5.32 Å². The van der Waals surface area contributed by atoms with Crippen LogP contribution in [-0.4, -0.2) is 33.3 Å². The van der Waals surface area contributed by atoms with Crippen LogP contribution in [0.15, 0.2) is 42.5 Å². The minimum absolute atomic E-state index is 0.261. The molecule has 6 nitrogen and oxygen atoms in total. The molecule has 2 atom stereocenters. The van der Waals surface area contributed by atoms with Crippen molar-refractivity contribution in [1.82, 2.24) is 9.88 Å². The summed E-state index contributed by atoms with van der Waals surface area (Å²) in [6.07, 6.45) is 0.495. The second kappa shape index (κ2) is 8.71. The molecule has 1 amide bonds. The van der Waals surface area contributed by atoms with E-state index >= 15 is 0 Å². The molecule has 0 bridgehead atoms. The third-order valence-electron chi connectivity index (χ3n) is 5.68. The van der Waals surface area contributed by atoms with Crippen LogP contribution in [0, 0.1) is 13.8 Å². The first-order valence-electron chi connectivity index (χ1n) is 10.1. The largest absolute Gasteiger partial charge is 0.481 e. The van der Waals surface area contributed by atoms with E-state index in [0.29, 0.717) is 17.7 Å². The molecule has 0 saturated carbocycles. The van der Waals surface area contributed by atoms with E-state index in [2.05, 4.69) is 11.4 Å². The quantitative estimate of drug-likeness (QED) is 0.554. The number of nitrogens with zero attached hydrogens (tertiary/aromatic N) is 1. The van der Waals surface area contributed by atoms with E-state index in [1.54, 1.807) is 24.3 Å². The minimum atomic E-state index is -0.862. The number of carboxylic acids is 1. The van der Waals surface area contributed by atoms with Gasteiger partial charge in [-0.25, -0.2) is 0 Å². The number of aliphatic hydroxyl groups is 1. The topological polar surface area (TPSA) is 91.6 Å². The highest BCUT2D eigenvalue weighted by Crippen LogP contribution is 2.25. The molecule has 0 aliphatic rings. The molecule has 0 saturated heterocycles. The Hall–Kier alpha value is -3.12. The Balaban J connectivity index is 1.85. The summed E-state index contributed by atoms with van der Waals surface area (Å²) in [5, 5.41) is 23.1. The van der Waals surface area contributed by atoms with Crippen LogP contribution in [0.2, 0.25) is 0 Å². The Morgan fingerprint density at radius 2 is 1.70 bits per heavy atom. The lowest BCUT2D eigenvalue weighted by molar-refractivity contribution is -0.138. The number of nitrogens with one attached hydrogen (secondary N) is 1. The van der Waals surface area contributed by atoms with Crippen LogP contribution >= 0.6 is 0 Å². The number of rotatable bonds is 7. The van der Waals surface area contributed by atoms with E-state index in [9.17, 15) is 19.8 Å². The standard InChI is InChI=1S/C24H28N2O4/c1-5-18(24(29)30)16-6-8-17(9-7-16)20(13-27)25-23(28)22-12-19-15(3)10-14(2)11-21(19)26(22)4/h6-12,18,20,27H,5,13H2,1-4H3,(H,25,28)(H,29,30)/t18?,20-/m1/s1. The number of aryl methyl sites for hydroxylation is 3. The summed E-state index contributed by atoms with van der Waals surface area (Å²) in [7, 11) is 1.86. The van der Waals surface area contributed by atoms with Gasteiger partial charge < -0.3 is 20.1 Å².